The monoisotopic (exact) mass is 376 g/mol. The van der Waals surface area contributed by atoms with Gasteiger partial charge in [0.15, 0.2) is 28.8 Å². The first kappa shape index (κ1) is 19.9. The number of hydrogen-bond donors (Lipinski definition) is 1. The first-order valence-electron chi connectivity index (χ1n) is 7.75. The van der Waals surface area contributed by atoms with E-state index in [0.717, 1.165) is 0 Å². The second-order valence-corrected chi connectivity index (χ2v) is 5.30. The average Bonchev–Trinajstić information content (AvgIpc) is 2.70. The molecule has 0 aliphatic heterocycles. The molecule has 0 unspecified atom stereocenters. The molecule has 8 nitrogen and oxygen atoms in total. The van der Waals surface area contributed by atoms with Crippen molar-refractivity contribution in [3.05, 3.63) is 41.0 Å². The van der Waals surface area contributed by atoms with Gasteiger partial charge in [-0.2, -0.15) is 0 Å². The first-order valence-corrected chi connectivity index (χ1v) is 7.75. The zero-order valence-corrected chi connectivity index (χ0v) is 15.6. The summed E-state index contributed by atoms with van der Waals surface area (Å²) >= 11 is 0. The normalized spacial score (nSPS) is 10.1. The lowest BCUT2D eigenvalue weighted by molar-refractivity contribution is 0.0692. The Labute approximate surface area is 156 Å². The van der Waals surface area contributed by atoms with Crippen LogP contribution in [0.4, 0.5) is 0 Å². The van der Waals surface area contributed by atoms with E-state index < -0.39 is 11.8 Å². The molecule has 0 spiro atoms. The van der Waals surface area contributed by atoms with Crippen LogP contribution in [0.2, 0.25) is 0 Å². The maximum atomic E-state index is 13.1. The summed E-state index contributed by atoms with van der Waals surface area (Å²) in [6, 6.07) is 5.47. The van der Waals surface area contributed by atoms with Crippen LogP contribution in [-0.2, 0) is 0 Å². The Morgan fingerprint density at radius 1 is 0.667 bits per heavy atom. The van der Waals surface area contributed by atoms with Gasteiger partial charge in [-0.25, -0.2) is 4.79 Å². The van der Waals surface area contributed by atoms with Crippen molar-refractivity contribution in [2.45, 2.75) is 0 Å². The fourth-order valence-electron chi connectivity index (χ4n) is 2.61. The molecule has 2 aromatic rings. The van der Waals surface area contributed by atoms with E-state index in [1.54, 1.807) is 0 Å². The van der Waals surface area contributed by atoms with Gasteiger partial charge in [0.1, 0.15) is 0 Å². The van der Waals surface area contributed by atoms with E-state index in [0.29, 0.717) is 5.75 Å². The summed E-state index contributed by atoms with van der Waals surface area (Å²) in [7, 11) is 7.06. The molecule has 1 N–H and O–H groups in total. The highest BCUT2D eigenvalue weighted by atomic mass is 16.5. The van der Waals surface area contributed by atoms with Crippen molar-refractivity contribution in [1.82, 2.24) is 0 Å². The van der Waals surface area contributed by atoms with Crippen LogP contribution in [0.1, 0.15) is 26.3 Å². The van der Waals surface area contributed by atoms with Crippen LogP contribution in [0.25, 0.3) is 0 Å². The van der Waals surface area contributed by atoms with Crippen LogP contribution in [0.5, 0.6) is 28.7 Å². The molecule has 2 rings (SSSR count). The second-order valence-electron chi connectivity index (χ2n) is 5.30. The zero-order chi connectivity index (χ0) is 20.1. The SMILES string of the molecule is COc1cc(C(=O)O)c(C(=O)c2cc(OC)c(OC)c(OC)c2)cc1OC. The Morgan fingerprint density at radius 2 is 1.11 bits per heavy atom. The molecule has 0 aliphatic carbocycles. The molecule has 144 valence electrons. The molecular formula is C19H20O8. The van der Waals surface area contributed by atoms with Crippen molar-refractivity contribution in [3.63, 3.8) is 0 Å². The van der Waals surface area contributed by atoms with E-state index in [1.807, 2.05) is 0 Å². The van der Waals surface area contributed by atoms with Crippen molar-refractivity contribution in [2.75, 3.05) is 35.5 Å². The third-order valence-corrected chi connectivity index (χ3v) is 3.93. The van der Waals surface area contributed by atoms with E-state index in [-0.39, 0.29) is 39.7 Å². The van der Waals surface area contributed by atoms with E-state index in [1.165, 1.54) is 59.8 Å². The van der Waals surface area contributed by atoms with Crippen molar-refractivity contribution >= 4 is 11.8 Å². The number of carbonyl (C=O) groups excluding carboxylic acids is 1. The van der Waals surface area contributed by atoms with Crippen molar-refractivity contribution < 1.29 is 38.4 Å². The minimum Gasteiger partial charge on any atom is -0.493 e. The molecule has 8 heteroatoms. The van der Waals surface area contributed by atoms with Gasteiger partial charge in [-0.05, 0) is 24.3 Å². The number of carboxylic acids is 1. The maximum absolute atomic E-state index is 13.1. The summed E-state index contributed by atoms with van der Waals surface area (Å²) in [5.74, 6) is -0.508. The summed E-state index contributed by atoms with van der Waals surface area (Å²) < 4.78 is 26.0. The Hall–Kier alpha value is -3.42. The van der Waals surface area contributed by atoms with Gasteiger partial charge in [0.25, 0.3) is 0 Å². The molecule has 0 radical (unpaired) electrons. The number of rotatable bonds is 8. The zero-order valence-electron chi connectivity index (χ0n) is 15.6. The number of carbonyl (C=O) groups is 2. The van der Waals surface area contributed by atoms with Gasteiger partial charge in [-0.15, -0.1) is 0 Å². The summed E-state index contributed by atoms with van der Waals surface area (Å²) in [5, 5.41) is 9.51. The number of benzene rings is 2. The molecule has 0 aliphatic rings. The summed E-state index contributed by atoms with van der Waals surface area (Å²) in [6.07, 6.45) is 0. The molecule has 2 aromatic carbocycles. The lowest BCUT2D eigenvalue weighted by Crippen LogP contribution is -2.11. The van der Waals surface area contributed by atoms with Crippen LogP contribution in [0.3, 0.4) is 0 Å². The molecule has 0 saturated carbocycles. The Bertz CT molecular complexity index is 847. The molecular weight excluding hydrogens is 356 g/mol. The predicted octanol–water partition coefficient (Wildman–Crippen LogP) is 2.66. The third kappa shape index (κ3) is 3.74. The van der Waals surface area contributed by atoms with Crippen LogP contribution >= 0.6 is 0 Å². The topological polar surface area (TPSA) is 101 Å². The second kappa shape index (κ2) is 8.31. The fraction of sp³-hybridized carbons (Fsp3) is 0.263. The molecule has 0 atom stereocenters. The fourth-order valence-corrected chi connectivity index (χ4v) is 2.61. The van der Waals surface area contributed by atoms with Crippen molar-refractivity contribution in [1.29, 1.82) is 0 Å². The highest BCUT2D eigenvalue weighted by Gasteiger charge is 2.24. The van der Waals surface area contributed by atoms with Crippen molar-refractivity contribution in [2.24, 2.45) is 0 Å². The van der Waals surface area contributed by atoms with Gasteiger partial charge in [0.05, 0.1) is 41.1 Å². The number of ketones is 1. The number of aromatic carboxylic acids is 1. The van der Waals surface area contributed by atoms with Gasteiger partial charge < -0.3 is 28.8 Å². The summed E-state index contributed by atoms with van der Waals surface area (Å²) in [4.78, 5) is 24.7. The number of methoxy groups -OCH3 is 5. The average molecular weight is 376 g/mol. The van der Waals surface area contributed by atoms with Crippen LogP contribution in [0, 0.1) is 0 Å². The van der Waals surface area contributed by atoms with E-state index in [2.05, 4.69) is 0 Å². The summed E-state index contributed by atoms with van der Waals surface area (Å²) in [5.41, 5.74) is -0.111. The van der Waals surface area contributed by atoms with Crippen LogP contribution < -0.4 is 23.7 Å². The van der Waals surface area contributed by atoms with E-state index in [4.69, 9.17) is 23.7 Å². The van der Waals surface area contributed by atoms with Crippen LogP contribution in [-0.4, -0.2) is 52.4 Å². The molecule has 27 heavy (non-hydrogen) atoms. The van der Waals surface area contributed by atoms with Gasteiger partial charge in [-0.3, -0.25) is 4.79 Å². The Morgan fingerprint density at radius 3 is 1.48 bits per heavy atom. The highest BCUT2D eigenvalue weighted by molar-refractivity contribution is 6.15. The molecule has 0 heterocycles. The smallest absolute Gasteiger partial charge is 0.336 e. The molecule has 0 amide bonds. The lowest BCUT2D eigenvalue weighted by Gasteiger charge is -2.15. The van der Waals surface area contributed by atoms with Gasteiger partial charge >= 0.3 is 5.97 Å². The van der Waals surface area contributed by atoms with E-state index in [9.17, 15) is 14.7 Å². The number of hydrogen-bond acceptors (Lipinski definition) is 7. The maximum Gasteiger partial charge on any atom is 0.336 e. The minimum absolute atomic E-state index is 0.0607. The molecule has 0 aromatic heterocycles. The van der Waals surface area contributed by atoms with Crippen molar-refractivity contribution in [3.8, 4) is 28.7 Å². The van der Waals surface area contributed by atoms with Gasteiger partial charge in [-0.1, -0.05) is 0 Å². The van der Waals surface area contributed by atoms with Gasteiger partial charge in [0.2, 0.25) is 5.75 Å². The number of ether oxygens (including phenoxy) is 5. The minimum atomic E-state index is -1.27. The standard InChI is InChI=1S/C19H20O8/c1-23-13-8-11(12(19(21)22)9-14(13)24-2)17(20)10-6-15(25-3)18(27-5)16(7-10)26-4/h6-9H,1-5H3,(H,21,22). The Kier molecular flexibility index (Phi) is 6.12. The first-order chi connectivity index (χ1) is 12.9. The third-order valence-electron chi connectivity index (χ3n) is 3.93. The molecule has 0 bridgehead atoms. The summed E-state index contributed by atoms with van der Waals surface area (Å²) in [6.45, 7) is 0. The van der Waals surface area contributed by atoms with Gasteiger partial charge in [0, 0.05) is 11.1 Å². The largest absolute Gasteiger partial charge is 0.493 e. The molecule has 0 fully saturated rings. The lowest BCUT2D eigenvalue weighted by atomic mass is 9.97. The number of carboxylic acid groups (broad SMARTS) is 1. The van der Waals surface area contributed by atoms with Crippen LogP contribution in [0.15, 0.2) is 24.3 Å². The Balaban J connectivity index is 2.69. The van der Waals surface area contributed by atoms with E-state index >= 15 is 0 Å². The predicted molar refractivity (Wildman–Crippen MR) is 96.0 cm³/mol. The quantitative estimate of drug-likeness (QED) is 0.702. The highest BCUT2D eigenvalue weighted by Crippen LogP contribution is 2.39. The molecule has 0 saturated heterocycles.